The predicted octanol–water partition coefficient (Wildman–Crippen LogP) is 11.4. The second-order valence-corrected chi connectivity index (χ2v) is 11.6. The minimum Gasteiger partial charge on any atom is -0.456 e. The largest absolute Gasteiger partial charge is 0.456 e. The maximum Gasteiger partial charge on any atom is 0.307 e. The van der Waals surface area contributed by atoms with E-state index in [-0.39, 0.29) is 0 Å². The summed E-state index contributed by atoms with van der Waals surface area (Å²) in [6.45, 7) is 0. The Labute approximate surface area is 263 Å². The van der Waals surface area contributed by atoms with Crippen LogP contribution in [0.25, 0.3) is 71.3 Å². The van der Waals surface area contributed by atoms with Gasteiger partial charge >= 0.3 is 6.01 Å². The van der Waals surface area contributed by atoms with Crippen molar-refractivity contribution in [3.63, 3.8) is 0 Å². The Kier molecular flexibility index (Phi) is 5.22. The SMILES string of the molecule is c1ccc(-n2c3ccccc3c3cc(N(c4ccc5oc6ccccc6c5c4)c4nc5ccc6ccccc6c5o4)ccc32)cc1. The molecular weight excluding hydrogens is 566 g/mol. The van der Waals surface area contributed by atoms with E-state index in [1.54, 1.807) is 0 Å². The van der Waals surface area contributed by atoms with Crippen LogP contribution in [0.4, 0.5) is 17.4 Å². The molecule has 0 spiro atoms. The van der Waals surface area contributed by atoms with Crippen LogP contribution in [0.3, 0.4) is 0 Å². The van der Waals surface area contributed by atoms with Gasteiger partial charge in [-0.05, 0) is 72.1 Å². The third kappa shape index (κ3) is 3.66. The van der Waals surface area contributed by atoms with Crippen molar-refractivity contribution in [1.82, 2.24) is 9.55 Å². The van der Waals surface area contributed by atoms with Gasteiger partial charge in [0.25, 0.3) is 0 Å². The first-order valence-corrected chi connectivity index (χ1v) is 15.4. The average Bonchev–Trinajstić information content (AvgIpc) is 3.81. The number of benzene rings is 7. The zero-order chi connectivity index (χ0) is 30.2. The molecule has 0 saturated heterocycles. The Morgan fingerprint density at radius 2 is 1.15 bits per heavy atom. The molecule has 0 aliphatic carbocycles. The standard InChI is InChI=1S/C41H25N3O2/c1-2-11-27(12-3-1)44-36-16-8-6-14-31(36)33-24-28(19-22-37(33)44)43(29-20-23-39-34(25-29)32-15-7-9-17-38(32)45-39)41-42-35-21-18-26-10-4-5-13-30(26)40(35)46-41/h1-25H. The molecule has 0 N–H and O–H groups in total. The van der Waals surface area contributed by atoms with Crippen molar-refractivity contribution in [2.24, 2.45) is 0 Å². The molecule has 3 aromatic heterocycles. The highest BCUT2D eigenvalue weighted by Crippen LogP contribution is 2.42. The lowest BCUT2D eigenvalue weighted by Gasteiger charge is -2.21. The van der Waals surface area contributed by atoms with E-state index in [0.29, 0.717) is 6.01 Å². The molecular formula is C41H25N3O2. The molecule has 0 atom stereocenters. The van der Waals surface area contributed by atoms with Gasteiger partial charge in [0.05, 0.1) is 22.4 Å². The van der Waals surface area contributed by atoms with Crippen LogP contribution >= 0.6 is 0 Å². The molecule has 0 unspecified atom stereocenters. The molecule has 5 nitrogen and oxygen atoms in total. The highest BCUT2D eigenvalue weighted by molar-refractivity contribution is 6.11. The fourth-order valence-corrected chi connectivity index (χ4v) is 6.92. The van der Waals surface area contributed by atoms with Crippen LogP contribution in [0.5, 0.6) is 0 Å². The molecule has 216 valence electrons. The zero-order valence-corrected chi connectivity index (χ0v) is 24.6. The molecule has 7 aromatic carbocycles. The topological polar surface area (TPSA) is 47.3 Å². The van der Waals surface area contributed by atoms with Crippen molar-refractivity contribution in [2.75, 3.05) is 4.90 Å². The summed E-state index contributed by atoms with van der Waals surface area (Å²) >= 11 is 0. The summed E-state index contributed by atoms with van der Waals surface area (Å²) in [5.74, 6) is 0. The van der Waals surface area contributed by atoms with E-state index in [0.717, 1.165) is 77.3 Å². The van der Waals surface area contributed by atoms with Crippen molar-refractivity contribution >= 4 is 83.0 Å². The fraction of sp³-hybridized carbons (Fsp3) is 0. The number of fused-ring (bicyclic) bond motifs is 9. The maximum absolute atomic E-state index is 6.69. The van der Waals surface area contributed by atoms with Crippen LogP contribution in [-0.4, -0.2) is 9.55 Å². The van der Waals surface area contributed by atoms with Crippen LogP contribution in [0, 0.1) is 0 Å². The minimum absolute atomic E-state index is 0.504. The van der Waals surface area contributed by atoms with Crippen LogP contribution in [-0.2, 0) is 0 Å². The molecule has 10 aromatic rings. The summed E-state index contributed by atoms with van der Waals surface area (Å²) in [7, 11) is 0. The second kappa shape index (κ2) is 9.58. The van der Waals surface area contributed by atoms with E-state index in [2.05, 4.69) is 119 Å². The number of para-hydroxylation sites is 3. The number of rotatable bonds is 4. The molecule has 0 fully saturated rings. The Morgan fingerprint density at radius 1 is 0.478 bits per heavy atom. The molecule has 0 amide bonds. The highest BCUT2D eigenvalue weighted by Gasteiger charge is 2.23. The molecule has 46 heavy (non-hydrogen) atoms. The maximum atomic E-state index is 6.69. The summed E-state index contributed by atoms with van der Waals surface area (Å²) in [6, 6.07) is 53.1. The van der Waals surface area contributed by atoms with Gasteiger partial charge in [-0.15, -0.1) is 0 Å². The van der Waals surface area contributed by atoms with E-state index in [1.165, 1.54) is 5.39 Å². The highest BCUT2D eigenvalue weighted by atomic mass is 16.4. The molecule has 0 bridgehead atoms. The number of aromatic nitrogens is 2. The molecule has 0 radical (unpaired) electrons. The Morgan fingerprint density at radius 3 is 2.04 bits per heavy atom. The molecule has 0 aliphatic heterocycles. The van der Waals surface area contributed by atoms with Gasteiger partial charge < -0.3 is 13.4 Å². The van der Waals surface area contributed by atoms with Gasteiger partial charge in [0.2, 0.25) is 0 Å². The number of nitrogens with zero attached hydrogens (tertiary/aromatic N) is 3. The minimum atomic E-state index is 0.504. The molecule has 0 aliphatic rings. The normalized spacial score (nSPS) is 11.9. The first kappa shape index (κ1) is 25.0. The Balaban J connectivity index is 1.25. The summed E-state index contributed by atoms with van der Waals surface area (Å²) in [5.41, 5.74) is 8.60. The third-order valence-corrected chi connectivity index (χ3v) is 9.01. The molecule has 0 saturated carbocycles. The van der Waals surface area contributed by atoms with Crippen molar-refractivity contribution in [1.29, 1.82) is 0 Å². The third-order valence-electron chi connectivity index (χ3n) is 9.01. The average molecular weight is 592 g/mol. The van der Waals surface area contributed by atoms with Gasteiger partial charge in [-0.3, -0.25) is 4.90 Å². The van der Waals surface area contributed by atoms with Gasteiger partial charge in [-0.1, -0.05) is 84.9 Å². The summed E-state index contributed by atoms with van der Waals surface area (Å²) in [5, 5.41) is 6.61. The lowest BCUT2D eigenvalue weighted by molar-refractivity contribution is 0.611. The van der Waals surface area contributed by atoms with Crippen molar-refractivity contribution < 1.29 is 8.83 Å². The van der Waals surface area contributed by atoms with Crippen molar-refractivity contribution in [3.8, 4) is 5.69 Å². The lowest BCUT2D eigenvalue weighted by Crippen LogP contribution is -2.10. The van der Waals surface area contributed by atoms with Gasteiger partial charge in [0.1, 0.15) is 16.7 Å². The Bertz CT molecular complexity index is 2760. The van der Waals surface area contributed by atoms with E-state index in [9.17, 15) is 0 Å². The quantitative estimate of drug-likeness (QED) is 0.204. The smallest absolute Gasteiger partial charge is 0.307 e. The number of furan rings is 1. The van der Waals surface area contributed by atoms with Crippen LogP contribution in [0.15, 0.2) is 160 Å². The fourth-order valence-electron chi connectivity index (χ4n) is 6.92. The molecule has 10 rings (SSSR count). The van der Waals surface area contributed by atoms with Crippen LogP contribution < -0.4 is 4.90 Å². The summed E-state index contributed by atoms with van der Waals surface area (Å²) in [6.07, 6.45) is 0. The molecule has 5 heteroatoms. The van der Waals surface area contributed by atoms with E-state index in [1.807, 2.05) is 42.5 Å². The van der Waals surface area contributed by atoms with Gasteiger partial charge in [-0.25, -0.2) is 0 Å². The summed E-state index contributed by atoms with van der Waals surface area (Å²) in [4.78, 5) is 7.19. The second-order valence-electron chi connectivity index (χ2n) is 11.6. The predicted molar refractivity (Wildman–Crippen MR) is 188 cm³/mol. The monoisotopic (exact) mass is 591 g/mol. The zero-order valence-electron chi connectivity index (χ0n) is 24.6. The number of anilines is 3. The number of oxazole rings is 1. The van der Waals surface area contributed by atoms with E-state index in [4.69, 9.17) is 13.8 Å². The van der Waals surface area contributed by atoms with Gasteiger partial charge in [0, 0.05) is 32.6 Å². The van der Waals surface area contributed by atoms with Crippen molar-refractivity contribution in [3.05, 3.63) is 152 Å². The van der Waals surface area contributed by atoms with Crippen molar-refractivity contribution in [2.45, 2.75) is 0 Å². The first-order chi connectivity index (χ1) is 22.8. The van der Waals surface area contributed by atoms with Crippen LogP contribution in [0.1, 0.15) is 0 Å². The molecule has 3 heterocycles. The van der Waals surface area contributed by atoms with E-state index < -0.39 is 0 Å². The van der Waals surface area contributed by atoms with Gasteiger partial charge in [0.15, 0.2) is 5.58 Å². The van der Waals surface area contributed by atoms with Crippen LogP contribution in [0.2, 0.25) is 0 Å². The Hall–Kier alpha value is -6.33. The van der Waals surface area contributed by atoms with Gasteiger partial charge in [-0.2, -0.15) is 4.98 Å². The lowest BCUT2D eigenvalue weighted by atomic mass is 10.1. The van der Waals surface area contributed by atoms with E-state index >= 15 is 0 Å². The summed E-state index contributed by atoms with van der Waals surface area (Å²) < 4.78 is 15.2. The number of hydrogen-bond acceptors (Lipinski definition) is 4. The first-order valence-electron chi connectivity index (χ1n) is 15.4. The number of hydrogen-bond donors (Lipinski definition) is 0.